The molecule has 0 aliphatic rings. The zero-order valence-corrected chi connectivity index (χ0v) is 19.6. The van der Waals surface area contributed by atoms with Crippen LogP contribution in [0.5, 0.6) is 11.5 Å². The lowest BCUT2D eigenvalue weighted by Crippen LogP contribution is -2.35. The van der Waals surface area contributed by atoms with Crippen LogP contribution in [0, 0.1) is 12.3 Å². The quantitative estimate of drug-likeness (QED) is 0.368. The molecule has 0 atom stereocenters. The number of hydrogen-bond donors (Lipinski definition) is 2. The van der Waals surface area contributed by atoms with Gasteiger partial charge in [0, 0.05) is 17.8 Å². The predicted molar refractivity (Wildman–Crippen MR) is 130 cm³/mol. The molecule has 3 heterocycles. The van der Waals surface area contributed by atoms with Gasteiger partial charge in [-0.2, -0.15) is 5.10 Å². The number of benzene rings is 2. The zero-order chi connectivity index (χ0) is 24.0. The van der Waals surface area contributed by atoms with Gasteiger partial charge < -0.3 is 15.5 Å². The number of nitrogens with one attached hydrogen (secondary N) is 1. The maximum absolute atomic E-state index is 11.6. The van der Waals surface area contributed by atoms with Crippen molar-refractivity contribution in [2.24, 2.45) is 11.1 Å². The van der Waals surface area contributed by atoms with Crippen molar-refractivity contribution in [3.05, 3.63) is 59.8 Å². The van der Waals surface area contributed by atoms with Crippen LogP contribution in [-0.4, -0.2) is 35.6 Å². The molecule has 0 fully saturated rings. The molecule has 2 aromatic carbocycles. The van der Waals surface area contributed by atoms with Crippen molar-refractivity contribution in [3.63, 3.8) is 0 Å². The Morgan fingerprint density at radius 2 is 1.97 bits per heavy atom. The van der Waals surface area contributed by atoms with Gasteiger partial charge in [0.2, 0.25) is 5.91 Å². The van der Waals surface area contributed by atoms with E-state index in [1.165, 1.54) is 0 Å². The van der Waals surface area contributed by atoms with Crippen LogP contribution in [0.3, 0.4) is 0 Å². The Labute approximate surface area is 199 Å². The number of primary amides is 1. The molecule has 172 valence electrons. The van der Waals surface area contributed by atoms with Crippen molar-refractivity contribution >= 4 is 39.6 Å². The van der Waals surface area contributed by atoms with E-state index in [9.17, 15) is 4.79 Å². The lowest BCUT2D eigenvalue weighted by Gasteiger charge is -2.19. The van der Waals surface area contributed by atoms with Crippen molar-refractivity contribution in [2.75, 3.05) is 0 Å². The highest BCUT2D eigenvalue weighted by molar-refractivity contribution is 6.36. The first-order valence-electron chi connectivity index (χ1n) is 10.6. The lowest BCUT2D eigenvalue weighted by atomic mass is 9.93. The highest BCUT2D eigenvalue weighted by atomic mass is 35.5. The Hall–Kier alpha value is -3.98. The molecule has 5 rings (SSSR count). The number of fused-ring (bicyclic) bond motifs is 2. The first-order valence-corrected chi connectivity index (χ1v) is 11.0. The van der Waals surface area contributed by atoms with E-state index in [0.717, 1.165) is 22.4 Å². The third-order valence-corrected chi connectivity index (χ3v) is 5.94. The number of nitrogens with two attached hydrogens (primary N) is 1. The summed E-state index contributed by atoms with van der Waals surface area (Å²) in [6, 6.07) is 9.18. The average molecular weight is 476 g/mol. The molecular weight excluding hydrogens is 454 g/mol. The Morgan fingerprint density at radius 3 is 2.76 bits per heavy atom. The number of H-pyrrole nitrogens is 1. The smallest absolute Gasteiger partial charge is 0.224 e. The number of aryl methyl sites for hydroxylation is 1. The third-order valence-electron chi connectivity index (χ3n) is 5.57. The van der Waals surface area contributed by atoms with Gasteiger partial charge in [-0.25, -0.2) is 9.97 Å². The predicted octanol–water partition coefficient (Wildman–Crippen LogP) is 4.64. The average Bonchev–Trinajstić information content (AvgIpc) is 3.40. The van der Waals surface area contributed by atoms with Gasteiger partial charge in [-0.15, -0.1) is 0 Å². The van der Waals surface area contributed by atoms with Crippen LogP contribution < -0.4 is 10.5 Å². The summed E-state index contributed by atoms with van der Waals surface area (Å²) in [5.74, 6) is 1.53. The van der Waals surface area contributed by atoms with Gasteiger partial charge in [-0.1, -0.05) is 11.6 Å². The van der Waals surface area contributed by atoms with Crippen LogP contribution in [0.1, 0.15) is 19.7 Å². The molecule has 0 aliphatic heterocycles. The second-order valence-electron chi connectivity index (χ2n) is 8.78. The number of aromatic nitrogens is 6. The summed E-state index contributed by atoms with van der Waals surface area (Å²) >= 11 is 6.68. The van der Waals surface area contributed by atoms with E-state index in [0.29, 0.717) is 39.8 Å². The first kappa shape index (κ1) is 21.8. The maximum Gasteiger partial charge on any atom is 0.224 e. The fourth-order valence-corrected chi connectivity index (χ4v) is 3.86. The second-order valence-corrected chi connectivity index (χ2v) is 9.16. The highest BCUT2D eigenvalue weighted by Crippen LogP contribution is 2.35. The van der Waals surface area contributed by atoms with Crippen LogP contribution >= 0.6 is 11.6 Å². The molecule has 0 unspecified atom stereocenters. The summed E-state index contributed by atoms with van der Waals surface area (Å²) in [5, 5.41) is 4.69. The number of imidazole rings is 1. The number of hydrogen-bond acceptors (Lipinski definition) is 6. The van der Waals surface area contributed by atoms with E-state index >= 15 is 0 Å². The van der Waals surface area contributed by atoms with E-state index < -0.39 is 11.3 Å². The summed E-state index contributed by atoms with van der Waals surface area (Å²) in [5.41, 5.74) is 9.00. The standard InChI is InChI=1S/C24H22ClN7O2/c1-13-29-16-5-4-15(8-18(16)30-13)34-20-7-6-17-22(21(20)25)31-19(10-27-17)14-9-28-32(11-14)12-24(2,3)23(26)33/h4-11H,12H2,1-3H3,(H2,26,33)(H,29,30). The number of aromatic amines is 1. The van der Waals surface area contributed by atoms with E-state index in [1.807, 2.05) is 31.2 Å². The van der Waals surface area contributed by atoms with Gasteiger partial charge in [0.25, 0.3) is 0 Å². The van der Waals surface area contributed by atoms with Gasteiger partial charge in [-0.3, -0.25) is 14.5 Å². The van der Waals surface area contributed by atoms with Crippen molar-refractivity contribution in [2.45, 2.75) is 27.3 Å². The molecule has 0 bridgehead atoms. The summed E-state index contributed by atoms with van der Waals surface area (Å²) < 4.78 is 7.72. The van der Waals surface area contributed by atoms with Gasteiger partial charge in [0.05, 0.1) is 46.6 Å². The summed E-state index contributed by atoms with van der Waals surface area (Å²) in [6.07, 6.45) is 5.13. The number of ether oxygens (including phenoxy) is 1. The van der Waals surface area contributed by atoms with Crippen LogP contribution in [0.2, 0.25) is 5.02 Å². The van der Waals surface area contributed by atoms with Crippen LogP contribution in [0.4, 0.5) is 0 Å². The Morgan fingerprint density at radius 1 is 1.18 bits per heavy atom. The third kappa shape index (κ3) is 4.06. The van der Waals surface area contributed by atoms with Gasteiger partial charge >= 0.3 is 0 Å². The van der Waals surface area contributed by atoms with Crippen LogP contribution in [-0.2, 0) is 11.3 Å². The van der Waals surface area contributed by atoms with Crippen LogP contribution in [0.15, 0.2) is 48.9 Å². The number of amides is 1. The number of nitrogens with zero attached hydrogens (tertiary/aromatic N) is 5. The molecule has 3 N–H and O–H groups in total. The van der Waals surface area contributed by atoms with Gasteiger partial charge in [0.15, 0.2) is 0 Å². The SMILES string of the molecule is Cc1nc2ccc(Oc3ccc4ncc(-c5cnn(CC(C)(C)C(N)=O)c5)nc4c3Cl)cc2[nH]1. The Balaban J connectivity index is 1.46. The van der Waals surface area contributed by atoms with Crippen molar-refractivity contribution in [1.82, 2.24) is 29.7 Å². The van der Waals surface area contributed by atoms with Crippen molar-refractivity contribution < 1.29 is 9.53 Å². The fraction of sp³-hybridized carbons (Fsp3) is 0.208. The fourth-order valence-electron chi connectivity index (χ4n) is 3.62. The number of halogens is 1. The summed E-state index contributed by atoms with van der Waals surface area (Å²) in [4.78, 5) is 28.4. The van der Waals surface area contributed by atoms with Crippen LogP contribution in [0.25, 0.3) is 33.3 Å². The molecule has 10 heteroatoms. The molecule has 0 saturated carbocycles. The molecule has 1 amide bonds. The lowest BCUT2D eigenvalue weighted by molar-refractivity contribution is -0.126. The topological polar surface area (TPSA) is 125 Å². The van der Waals surface area contributed by atoms with E-state index in [-0.39, 0.29) is 0 Å². The minimum Gasteiger partial charge on any atom is -0.456 e. The Bertz CT molecular complexity index is 1550. The van der Waals surface area contributed by atoms with Gasteiger partial charge in [0.1, 0.15) is 27.9 Å². The van der Waals surface area contributed by atoms with E-state index in [1.54, 1.807) is 43.2 Å². The summed E-state index contributed by atoms with van der Waals surface area (Å²) in [6.45, 7) is 5.81. The number of carbonyl (C=O) groups excluding carboxylic acids is 1. The van der Waals surface area contributed by atoms with E-state index in [4.69, 9.17) is 27.1 Å². The Kier molecular flexibility index (Phi) is 5.21. The molecule has 3 aromatic heterocycles. The first-order chi connectivity index (χ1) is 16.2. The molecule has 0 saturated heterocycles. The molecule has 0 spiro atoms. The monoisotopic (exact) mass is 475 g/mol. The number of rotatable bonds is 6. The molecule has 9 nitrogen and oxygen atoms in total. The largest absolute Gasteiger partial charge is 0.456 e. The zero-order valence-electron chi connectivity index (χ0n) is 18.8. The maximum atomic E-state index is 11.6. The molecule has 0 aliphatic carbocycles. The van der Waals surface area contributed by atoms with Crippen molar-refractivity contribution in [1.29, 1.82) is 0 Å². The highest BCUT2D eigenvalue weighted by Gasteiger charge is 2.26. The molecular formula is C24H22ClN7O2. The second kappa shape index (κ2) is 8.11. The number of carbonyl (C=O) groups is 1. The molecule has 34 heavy (non-hydrogen) atoms. The summed E-state index contributed by atoms with van der Waals surface area (Å²) in [7, 11) is 0. The van der Waals surface area contributed by atoms with Crippen molar-refractivity contribution in [3.8, 4) is 22.8 Å². The molecule has 5 aromatic rings. The minimum absolute atomic E-state index is 0.349. The minimum atomic E-state index is -0.730. The molecule has 0 radical (unpaired) electrons. The van der Waals surface area contributed by atoms with E-state index in [2.05, 4.69) is 20.1 Å². The normalized spacial score (nSPS) is 11.9. The van der Waals surface area contributed by atoms with Gasteiger partial charge in [-0.05, 0) is 45.0 Å².